The Balaban J connectivity index is 1.75. The predicted octanol–water partition coefficient (Wildman–Crippen LogP) is 4.27. The van der Waals surface area contributed by atoms with Crippen molar-refractivity contribution < 1.29 is 13.6 Å². The molecule has 1 N–H and O–H groups in total. The highest BCUT2D eigenvalue weighted by molar-refractivity contribution is 7.16. The first kappa shape index (κ1) is 14.3. The zero-order valence-electron chi connectivity index (χ0n) is 10.8. The van der Waals surface area contributed by atoms with Gasteiger partial charge in [0.1, 0.15) is 17.3 Å². The van der Waals surface area contributed by atoms with Crippen LogP contribution < -0.4 is 5.32 Å². The van der Waals surface area contributed by atoms with E-state index in [1.165, 1.54) is 22.3 Å². The molecule has 0 saturated heterocycles. The summed E-state index contributed by atoms with van der Waals surface area (Å²) >= 11 is 7.45. The molecule has 0 aliphatic carbocycles. The highest BCUT2D eigenvalue weighted by Gasteiger charge is 2.24. The first-order chi connectivity index (χ1) is 10.0. The Morgan fingerprint density at radius 1 is 1.33 bits per heavy atom. The Morgan fingerprint density at radius 3 is 2.76 bits per heavy atom. The van der Waals surface area contributed by atoms with Crippen molar-refractivity contribution in [2.75, 3.05) is 11.9 Å². The number of carbonyl (C=O) groups is 1. The first-order valence-electron chi connectivity index (χ1n) is 6.31. The molecule has 3 rings (SSSR count). The van der Waals surface area contributed by atoms with E-state index >= 15 is 0 Å². The molecule has 2 aromatic rings. The number of hydrogen-bond acceptors (Lipinski definition) is 2. The van der Waals surface area contributed by atoms with Crippen LogP contribution >= 0.6 is 22.9 Å². The summed E-state index contributed by atoms with van der Waals surface area (Å²) in [6, 6.07) is 4.76. The topological polar surface area (TPSA) is 32.3 Å². The molecule has 7 heteroatoms. The fraction of sp³-hybridized carbons (Fsp3) is 0.214. The number of carbonyl (C=O) groups excluding carboxylic acids is 1. The Morgan fingerprint density at radius 2 is 2.05 bits per heavy atom. The smallest absolute Gasteiger partial charge is 0.320 e. The number of benzene rings is 1. The third-order valence-corrected chi connectivity index (χ3v) is 4.68. The second kappa shape index (κ2) is 5.61. The van der Waals surface area contributed by atoms with Crippen molar-refractivity contribution in [3.63, 3.8) is 0 Å². The summed E-state index contributed by atoms with van der Waals surface area (Å²) in [6.45, 7) is 0.881. The van der Waals surface area contributed by atoms with Crippen molar-refractivity contribution in [1.82, 2.24) is 4.90 Å². The van der Waals surface area contributed by atoms with E-state index in [0.717, 1.165) is 22.6 Å². The van der Waals surface area contributed by atoms with Crippen molar-refractivity contribution in [2.45, 2.75) is 13.0 Å². The molecule has 2 amide bonds. The van der Waals surface area contributed by atoms with E-state index in [1.54, 1.807) is 0 Å². The molecule has 0 spiro atoms. The van der Waals surface area contributed by atoms with Crippen molar-refractivity contribution in [3.05, 3.63) is 50.7 Å². The van der Waals surface area contributed by atoms with Crippen LogP contribution in [-0.2, 0) is 13.0 Å². The maximum atomic E-state index is 13.5. The molecule has 0 bridgehead atoms. The van der Waals surface area contributed by atoms with Crippen LogP contribution in [0.5, 0.6) is 0 Å². The largest absolute Gasteiger partial charge is 0.322 e. The molecule has 1 aliphatic rings. The van der Waals surface area contributed by atoms with Gasteiger partial charge >= 0.3 is 6.03 Å². The van der Waals surface area contributed by atoms with E-state index in [0.29, 0.717) is 23.8 Å². The third kappa shape index (κ3) is 2.87. The highest BCUT2D eigenvalue weighted by atomic mass is 35.5. The van der Waals surface area contributed by atoms with Gasteiger partial charge in [-0.05, 0) is 30.2 Å². The average molecular weight is 329 g/mol. The molecule has 21 heavy (non-hydrogen) atoms. The summed E-state index contributed by atoms with van der Waals surface area (Å²) in [6.07, 6.45) is 0.694. The highest BCUT2D eigenvalue weighted by Crippen LogP contribution is 2.31. The molecule has 0 radical (unpaired) electrons. The lowest BCUT2D eigenvalue weighted by molar-refractivity contribution is 0.206. The van der Waals surface area contributed by atoms with E-state index in [9.17, 15) is 13.6 Å². The van der Waals surface area contributed by atoms with Crippen LogP contribution in [0.1, 0.15) is 10.4 Å². The lowest BCUT2D eigenvalue weighted by Crippen LogP contribution is -2.38. The maximum absolute atomic E-state index is 13.5. The van der Waals surface area contributed by atoms with Crippen molar-refractivity contribution in [1.29, 1.82) is 0 Å². The lowest BCUT2D eigenvalue weighted by Gasteiger charge is -2.27. The van der Waals surface area contributed by atoms with Crippen LogP contribution in [0.15, 0.2) is 24.3 Å². The van der Waals surface area contributed by atoms with E-state index in [2.05, 4.69) is 5.32 Å². The number of para-hydroxylation sites is 1. The number of thiophene rings is 1. The molecule has 0 atom stereocenters. The summed E-state index contributed by atoms with van der Waals surface area (Å²) in [5, 5.41) is 2.29. The monoisotopic (exact) mass is 328 g/mol. The average Bonchev–Trinajstić information content (AvgIpc) is 2.81. The molecule has 3 nitrogen and oxygen atoms in total. The lowest BCUT2D eigenvalue weighted by atomic mass is 10.1. The van der Waals surface area contributed by atoms with Crippen LogP contribution in [0, 0.1) is 11.6 Å². The summed E-state index contributed by atoms with van der Waals surface area (Å²) in [5.41, 5.74) is 0.567. The minimum absolute atomic E-state index is 0.389. The number of nitrogens with zero attached hydrogens (tertiary/aromatic N) is 1. The van der Waals surface area contributed by atoms with Gasteiger partial charge in [-0.3, -0.25) is 0 Å². The van der Waals surface area contributed by atoms with Gasteiger partial charge in [-0.2, -0.15) is 0 Å². The van der Waals surface area contributed by atoms with Gasteiger partial charge < -0.3 is 10.2 Å². The van der Waals surface area contributed by atoms with E-state index < -0.39 is 23.4 Å². The molecule has 2 heterocycles. The van der Waals surface area contributed by atoms with Gasteiger partial charge in [-0.1, -0.05) is 17.7 Å². The van der Waals surface area contributed by atoms with Gasteiger partial charge in [0, 0.05) is 18.0 Å². The quantitative estimate of drug-likeness (QED) is 0.833. The van der Waals surface area contributed by atoms with Crippen LogP contribution in [-0.4, -0.2) is 17.5 Å². The molecule has 1 aromatic carbocycles. The number of rotatable bonds is 1. The molecule has 0 unspecified atom stereocenters. The van der Waals surface area contributed by atoms with Crippen LogP contribution in [0.4, 0.5) is 19.3 Å². The standard InChI is InChI=1S/C14H11ClF2N2OS/c15-12-6-8-7-19(5-4-11(8)21-12)14(20)18-13-9(16)2-1-3-10(13)17/h1-3,6H,4-5,7H2,(H,18,20). The minimum Gasteiger partial charge on any atom is -0.320 e. The summed E-state index contributed by atoms with van der Waals surface area (Å²) in [7, 11) is 0. The summed E-state index contributed by atoms with van der Waals surface area (Å²) < 4.78 is 27.7. The van der Waals surface area contributed by atoms with Crippen LogP contribution in [0.25, 0.3) is 0 Å². The second-order valence-electron chi connectivity index (χ2n) is 4.70. The molecule has 0 fully saturated rings. The fourth-order valence-electron chi connectivity index (χ4n) is 2.27. The zero-order valence-corrected chi connectivity index (χ0v) is 12.4. The molecule has 0 saturated carbocycles. The summed E-state index contributed by atoms with van der Waals surface area (Å²) in [5.74, 6) is -1.58. The fourth-order valence-corrected chi connectivity index (χ4v) is 3.57. The van der Waals surface area contributed by atoms with Crippen LogP contribution in [0.3, 0.4) is 0 Å². The van der Waals surface area contributed by atoms with Gasteiger partial charge in [-0.25, -0.2) is 13.6 Å². The molecule has 1 aliphatic heterocycles. The SMILES string of the molecule is O=C(Nc1c(F)cccc1F)N1CCc2sc(Cl)cc2C1. The van der Waals surface area contributed by atoms with Crippen LogP contribution in [0.2, 0.25) is 4.34 Å². The molecule has 110 valence electrons. The predicted molar refractivity (Wildman–Crippen MR) is 78.8 cm³/mol. The molecular weight excluding hydrogens is 318 g/mol. The van der Waals surface area contributed by atoms with Gasteiger partial charge in [0.25, 0.3) is 0 Å². The number of hydrogen-bond donors (Lipinski definition) is 1. The van der Waals surface area contributed by atoms with Crippen molar-refractivity contribution in [3.8, 4) is 0 Å². The first-order valence-corrected chi connectivity index (χ1v) is 7.51. The van der Waals surface area contributed by atoms with Gasteiger partial charge in [0.15, 0.2) is 0 Å². The van der Waals surface area contributed by atoms with E-state index in [-0.39, 0.29) is 0 Å². The number of anilines is 1. The molecule has 1 aromatic heterocycles. The van der Waals surface area contributed by atoms with Crippen molar-refractivity contribution >= 4 is 34.7 Å². The van der Waals surface area contributed by atoms with Gasteiger partial charge in [0.05, 0.1) is 4.34 Å². The number of urea groups is 1. The van der Waals surface area contributed by atoms with E-state index in [4.69, 9.17) is 11.6 Å². The number of fused-ring (bicyclic) bond motifs is 1. The number of nitrogens with one attached hydrogen (secondary N) is 1. The third-order valence-electron chi connectivity index (χ3n) is 3.32. The number of amides is 2. The van der Waals surface area contributed by atoms with Gasteiger partial charge in [-0.15, -0.1) is 11.3 Å². The van der Waals surface area contributed by atoms with Crippen molar-refractivity contribution in [2.24, 2.45) is 0 Å². The Hall–Kier alpha value is -1.66. The Bertz CT molecular complexity index is 684. The minimum atomic E-state index is -0.792. The Kier molecular flexibility index (Phi) is 3.82. The Labute approximate surface area is 129 Å². The normalized spacial score (nSPS) is 14.0. The van der Waals surface area contributed by atoms with Gasteiger partial charge in [0.2, 0.25) is 0 Å². The zero-order chi connectivity index (χ0) is 15.0. The summed E-state index contributed by atoms with van der Waals surface area (Å²) in [4.78, 5) is 14.8. The second-order valence-corrected chi connectivity index (χ2v) is 6.47. The molecular formula is C14H11ClF2N2OS. The maximum Gasteiger partial charge on any atom is 0.322 e. The van der Waals surface area contributed by atoms with E-state index in [1.807, 2.05) is 6.07 Å². The number of halogens is 3.